The summed E-state index contributed by atoms with van der Waals surface area (Å²) in [6, 6.07) is 5.26. The molecule has 0 unspecified atom stereocenters. The van der Waals surface area contributed by atoms with Gasteiger partial charge in [-0.2, -0.15) is 0 Å². The molecule has 0 aliphatic heterocycles. The van der Waals surface area contributed by atoms with E-state index in [0.717, 1.165) is 0 Å². The van der Waals surface area contributed by atoms with E-state index in [1.165, 1.54) is 0 Å². The molecule has 0 aromatic heterocycles. The summed E-state index contributed by atoms with van der Waals surface area (Å²) in [4.78, 5) is 11.0. The first-order valence-electron chi connectivity index (χ1n) is 4.53. The van der Waals surface area contributed by atoms with Crippen molar-refractivity contribution in [3.05, 3.63) is 28.2 Å². The lowest BCUT2D eigenvalue weighted by molar-refractivity contribution is -0.120. The number of halogens is 2. The Morgan fingerprint density at radius 3 is 2.47 bits per heavy atom. The predicted octanol–water partition coefficient (Wildman–Crippen LogP) is 2.54. The van der Waals surface area contributed by atoms with Crippen LogP contribution in [0.15, 0.2) is 18.2 Å². The van der Waals surface area contributed by atoms with Crippen molar-refractivity contribution in [2.45, 2.75) is 6.42 Å². The molecule has 0 fully saturated rings. The minimum absolute atomic E-state index is 0.0225. The van der Waals surface area contributed by atoms with Gasteiger partial charge in [0, 0.05) is 20.0 Å². The summed E-state index contributed by atoms with van der Waals surface area (Å²) in [5.41, 5.74) is 0.671. The number of hydrogen-bond donors (Lipinski definition) is 2. The largest absolute Gasteiger partial charge is 0.382 e. The number of carbonyl (C=O) groups excluding carboxylic acids is 1. The van der Waals surface area contributed by atoms with Crippen molar-refractivity contribution in [2.75, 3.05) is 18.9 Å². The summed E-state index contributed by atoms with van der Waals surface area (Å²) >= 11 is 11.9. The lowest BCUT2D eigenvalue weighted by atomic mass is 10.3. The van der Waals surface area contributed by atoms with Crippen LogP contribution in [0.1, 0.15) is 6.42 Å². The van der Waals surface area contributed by atoms with Crippen LogP contribution >= 0.6 is 23.2 Å². The third kappa shape index (κ3) is 3.61. The van der Waals surface area contributed by atoms with Crippen molar-refractivity contribution < 1.29 is 4.79 Å². The summed E-state index contributed by atoms with van der Waals surface area (Å²) in [5, 5.41) is 6.67. The maximum Gasteiger partial charge on any atom is 0.221 e. The second-order valence-corrected chi connectivity index (χ2v) is 3.76. The quantitative estimate of drug-likeness (QED) is 0.858. The maximum absolute atomic E-state index is 11.0. The fourth-order valence-corrected chi connectivity index (χ4v) is 1.62. The first-order chi connectivity index (χ1) is 7.15. The number of para-hydroxylation sites is 1. The van der Waals surface area contributed by atoms with Gasteiger partial charge < -0.3 is 10.6 Å². The summed E-state index contributed by atoms with van der Waals surface area (Å²) in [7, 11) is 1.60. The van der Waals surface area contributed by atoms with Gasteiger partial charge in [0.15, 0.2) is 0 Å². The number of carbonyl (C=O) groups is 1. The van der Waals surface area contributed by atoms with Crippen LogP contribution < -0.4 is 10.6 Å². The average molecular weight is 247 g/mol. The molecular formula is C10H12Cl2N2O. The molecule has 0 atom stereocenters. The van der Waals surface area contributed by atoms with E-state index < -0.39 is 0 Å². The van der Waals surface area contributed by atoms with Gasteiger partial charge in [-0.15, -0.1) is 0 Å². The molecule has 0 spiro atoms. The molecule has 1 rings (SSSR count). The second-order valence-electron chi connectivity index (χ2n) is 2.95. The molecule has 0 radical (unpaired) electrons. The molecule has 5 heteroatoms. The zero-order valence-electron chi connectivity index (χ0n) is 8.31. The minimum atomic E-state index is -0.0225. The van der Waals surface area contributed by atoms with Gasteiger partial charge in [-0.1, -0.05) is 29.3 Å². The molecule has 1 aromatic rings. The summed E-state index contributed by atoms with van der Waals surface area (Å²) in [6.45, 7) is 0.503. The molecule has 2 N–H and O–H groups in total. The molecule has 0 aliphatic carbocycles. The van der Waals surface area contributed by atoms with Crippen LogP contribution in [0.5, 0.6) is 0 Å². The van der Waals surface area contributed by atoms with Crippen LogP contribution in [0.3, 0.4) is 0 Å². The number of amides is 1. The van der Waals surface area contributed by atoms with Crippen molar-refractivity contribution in [1.82, 2.24) is 5.32 Å². The van der Waals surface area contributed by atoms with Crippen molar-refractivity contribution >= 4 is 34.8 Å². The van der Waals surface area contributed by atoms with Gasteiger partial charge >= 0.3 is 0 Å². The van der Waals surface area contributed by atoms with E-state index in [0.29, 0.717) is 28.7 Å². The minimum Gasteiger partial charge on any atom is -0.382 e. The first kappa shape index (κ1) is 12.1. The SMILES string of the molecule is CNC(=O)CCNc1c(Cl)cccc1Cl. The molecule has 0 saturated carbocycles. The molecule has 3 nitrogen and oxygen atoms in total. The Hall–Kier alpha value is -0.930. The lowest BCUT2D eigenvalue weighted by Gasteiger charge is -2.09. The molecule has 0 aliphatic rings. The van der Waals surface area contributed by atoms with Gasteiger partial charge in [0.2, 0.25) is 5.91 Å². The summed E-state index contributed by atoms with van der Waals surface area (Å²) in [5.74, 6) is -0.0225. The Labute approximate surface area is 98.8 Å². The van der Waals surface area contributed by atoms with E-state index >= 15 is 0 Å². The second kappa shape index (κ2) is 5.83. The van der Waals surface area contributed by atoms with Crippen LogP contribution in [0.4, 0.5) is 5.69 Å². The highest BCUT2D eigenvalue weighted by Gasteiger charge is 2.04. The highest BCUT2D eigenvalue weighted by molar-refractivity contribution is 6.39. The van der Waals surface area contributed by atoms with Gasteiger partial charge in [-0.3, -0.25) is 4.79 Å². The molecule has 82 valence electrons. The Kier molecular flexibility index (Phi) is 4.72. The normalized spacial score (nSPS) is 9.80. The molecule has 0 heterocycles. The number of benzene rings is 1. The number of rotatable bonds is 4. The number of nitrogens with one attached hydrogen (secondary N) is 2. The van der Waals surface area contributed by atoms with Crippen LogP contribution in [0.2, 0.25) is 10.0 Å². The summed E-state index contributed by atoms with van der Waals surface area (Å²) < 4.78 is 0. The van der Waals surface area contributed by atoms with Crippen LogP contribution in [0.25, 0.3) is 0 Å². The van der Waals surface area contributed by atoms with E-state index in [9.17, 15) is 4.79 Å². The summed E-state index contributed by atoms with van der Waals surface area (Å²) in [6.07, 6.45) is 0.387. The van der Waals surface area contributed by atoms with Gasteiger partial charge in [0.1, 0.15) is 0 Å². The molecular weight excluding hydrogens is 235 g/mol. The Morgan fingerprint density at radius 2 is 1.93 bits per heavy atom. The predicted molar refractivity (Wildman–Crippen MR) is 63.6 cm³/mol. The zero-order valence-corrected chi connectivity index (χ0v) is 9.82. The monoisotopic (exact) mass is 246 g/mol. The van der Waals surface area contributed by atoms with Gasteiger partial charge in [-0.25, -0.2) is 0 Å². The Bertz CT molecular complexity index is 335. The average Bonchev–Trinajstić information content (AvgIpc) is 2.22. The van der Waals surface area contributed by atoms with Crippen molar-refractivity contribution in [3.63, 3.8) is 0 Å². The van der Waals surface area contributed by atoms with Gasteiger partial charge in [0.05, 0.1) is 15.7 Å². The highest BCUT2D eigenvalue weighted by Crippen LogP contribution is 2.29. The number of anilines is 1. The molecule has 1 aromatic carbocycles. The van der Waals surface area contributed by atoms with E-state index in [1.54, 1.807) is 25.2 Å². The zero-order chi connectivity index (χ0) is 11.3. The topological polar surface area (TPSA) is 41.1 Å². The van der Waals surface area contributed by atoms with Crippen LogP contribution in [0, 0.1) is 0 Å². The van der Waals surface area contributed by atoms with Crippen molar-refractivity contribution in [3.8, 4) is 0 Å². The first-order valence-corrected chi connectivity index (χ1v) is 5.29. The Morgan fingerprint density at radius 1 is 1.33 bits per heavy atom. The van der Waals surface area contributed by atoms with E-state index in [1.807, 2.05) is 0 Å². The molecule has 0 saturated heterocycles. The van der Waals surface area contributed by atoms with E-state index in [2.05, 4.69) is 10.6 Å². The van der Waals surface area contributed by atoms with Crippen LogP contribution in [-0.2, 0) is 4.79 Å². The molecule has 15 heavy (non-hydrogen) atoms. The third-order valence-electron chi connectivity index (χ3n) is 1.90. The fraction of sp³-hybridized carbons (Fsp3) is 0.300. The van der Waals surface area contributed by atoms with Crippen molar-refractivity contribution in [1.29, 1.82) is 0 Å². The fourth-order valence-electron chi connectivity index (χ4n) is 1.09. The maximum atomic E-state index is 11.0. The van der Waals surface area contributed by atoms with Crippen LogP contribution in [-0.4, -0.2) is 19.5 Å². The third-order valence-corrected chi connectivity index (χ3v) is 2.53. The van der Waals surface area contributed by atoms with Gasteiger partial charge in [0.25, 0.3) is 0 Å². The lowest BCUT2D eigenvalue weighted by Crippen LogP contribution is -2.20. The standard InChI is InChI=1S/C10H12Cl2N2O/c1-13-9(15)5-6-14-10-7(11)3-2-4-8(10)12/h2-4,14H,5-6H2,1H3,(H,13,15). The van der Waals surface area contributed by atoms with Gasteiger partial charge in [-0.05, 0) is 12.1 Å². The van der Waals surface area contributed by atoms with E-state index in [-0.39, 0.29) is 5.91 Å². The Balaban J connectivity index is 2.54. The highest BCUT2D eigenvalue weighted by atomic mass is 35.5. The molecule has 1 amide bonds. The van der Waals surface area contributed by atoms with Crippen molar-refractivity contribution in [2.24, 2.45) is 0 Å². The smallest absolute Gasteiger partial charge is 0.221 e. The molecule has 0 bridgehead atoms. The van der Waals surface area contributed by atoms with E-state index in [4.69, 9.17) is 23.2 Å². The number of hydrogen-bond acceptors (Lipinski definition) is 2.